The highest BCUT2D eigenvalue weighted by atomic mass is 79.9. The molecule has 1 aromatic heterocycles. The van der Waals surface area contributed by atoms with Crippen molar-refractivity contribution >= 4 is 38.9 Å². The second kappa shape index (κ2) is 6.38. The van der Waals surface area contributed by atoms with Crippen LogP contribution >= 0.6 is 15.9 Å². The fraction of sp³-hybridized carbons (Fsp3) is 0.231. The molecular weight excluding hydrogens is 306 g/mol. The van der Waals surface area contributed by atoms with E-state index in [0.717, 1.165) is 23.1 Å². The number of benzene rings is 1. The molecule has 0 atom stereocenters. The SMILES string of the molecule is CCCNc1ncnc(Nc2cccc(Br)c2)c1N. The number of rotatable bonds is 5. The molecule has 0 aliphatic carbocycles. The van der Waals surface area contributed by atoms with Gasteiger partial charge in [-0.05, 0) is 24.6 Å². The number of nitrogens with zero attached hydrogens (tertiary/aromatic N) is 2. The van der Waals surface area contributed by atoms with Gasteiger partial charge in [0.1, 0.15) is 12.0 Å². The van der Waals surface area contributed by atoms with E-state index in [4.69, 9.17) is 5.73 Å². The summed E-state index contributed by atoms with van der Waals surface area (Å²) in [6.45, 7) is 2.92. The van der Waals surface area contributed by atoms with Crippen LogP contribution in [0.1, 0.15) is 13.3 Å². The lowest BCUT2D eigenvalue weighted by molar-refractivity contribution is 0.966. The maximum absolute atomic E-state index is 6.05. The zero-order chi connectivity index (χ0) is 13.7. The summed E-state index contributed by atoms with van der Waals surface area (Å²) in [5.74, 6) is 1.26. The van der Waals surface area contributed by atoms with Crippen molar-refractivity contribution in [3.8, 4) is 0 Å². The van der Waals surface area contributed by atoms with Gasteiger partial charge in [-0.2, -0.15) is 0 Å². The van der Waals surface area contributed by atoms with E-state index in [0.29, 0.717) is 17.3 Å². The third kappa shape index (κ3) is 3.57. The number of hydrogen-bond acceptors (Lipinski definition) is 5. The first-order chi connectivity index (χ1) is 9.20. The van der Waals surface area contributed by atoms with Gasteiger partial charge in [-0.25, -0.2) is 9.97 Å². The summed E-state index contributed by atoms with van der Waals surface area (Å²) >= 11 is 3.43. The lowest BCUT2D eigenvalue weighted by Gasteiger charge is -2.12. The third-order valence-electron chi connectivity index (χ3n) is 2.51. The molecule has 0 amide bonds. The van der Waals surface area contributed by atoms with Crippen LogP contribution in [-0.4, -0.2) is 16.5 Å². The molecular formula is C13H16BrN5. The summed E-state index contributed by atoms with van der Waals surface area (Å²) < 4.78 is 0.995. The van der Waals surface area contributed by atoms with Gasteiger partial charge in [0.05, 0.1) is 0 Å². The van der Waals surface area contributed by atoms with Crippen molar-refractivity contribution in [3.05, 3.63) is 35.1 Å². The molecule has 2 aromatic rings. The summed E-state index contributed by atoms with van der Waals surface area (Å²) in [6, 6.07) is 7.81. The predicted molar refractivity (Wildman–Crippen MR) is 82.6 cm³/mol. The zero-order valence-electron chi connectivity index (χ0n) is 10.7. The van der Waals surface area contributed by atoms with Gasteiger partial charge in [0.25, 0.3) is 0 Å². The van der Waals surface area contributed by atoms with Crippen LogP contribution in [0.5, 0.6) is 0 Å². The Kier molecular flexibility index (Phi) is 4.57. The molecule has 2 rings (SSSR count). The fourth-order valence-corrected chi connectivity index (χ4v) is 1.98. The molecule has 0 unspecified atom stereocenters. The first-order valence-corrected chi connectivity index (χ1v) is 6.87. The lowest BCUT2D eigenvalue weighted by Crippen LogP contribution is -2.08. The van der Waals surface area contributed by atoms with Gasteiger partial charge in [-0.1, -0.05) is 28.9 Å². The molecule has 1 aromatic carbocycles. The summed E-state index contributed by atoms with van der Waals surface area (Å²) in [7, 11) is 0. The first-order valence-electron chi connectivity index (χ1n) is 6.07. The number of nitrogen functional groups attached to an aromatic ring is 1. The van der Waals surface area contributed by atoms with Crippen LogP contribution in [0.3, 0.4) is 0 Å². The van der Waals surface area contributed by atoms with Crippen LogP contribution in [0.4, 0.5) is 23.0 Å². The van der Waals surface area contributed by atoms with Crippen molar-refractivity contribution in [3.63, 3.8) is 0 Å². The summed E-state index contributed by atoms with van der Waals surface area (Å²) in [6.07, 6.45) is 2.51. The smallest absolute Gasteiger partial charge is 0.159 e. The Morgan fingerprint density at radius 1 is 1.26 bits per heavy atom. The molecule has 0 saturated carbocycles. The quantitative estimate of drug-likeness (QED) is 0.787. The molecule has 100 valence electrons. The Morgan fingerprint density at radius 2 is 2.05 bits per heavy atom. The minimum Gasteiger partial charge on any atom is -0.393 e. The molecule has 0 saturated heterocycles. The van der Waals surface area contributed by atoms with Gasteiger partial charge in [0, 0.05) is 16.7 Å². The average molecular weight is 322 g/mol. The molecule has 6 heteroatoms. The Bertz CT molecular complexity index is 558. The van der Waals surface area contributed by atoms with Gasteiger partial charge in [0.2, 0.25) is 0 Å². The van der Waals surface area contributed by atoms with E-state index in [1.165, 1.54) is 6.33 Å². The number of aromatic nitrogens is 2. The Morgan fingerprint density at radius 3 is 2.79 bits per heavy atom. The Balaban J connectivity index is 2.20. The summed E-state index contributed by atoms with van der Waals surface area (Å²) in [5.41, 5.74) is 7.49. The van der Waals surface area contributed by atoms with Crippen LogP contribution in [0, 0.1) is 0 Å². The number of nitrogens with two attached hydrogens (primary N) is 1. The van der Waals surface area contributed by atoms with Gasteiger partial charge in [0.15, 0.2) is 11.6 Å². The highest BCUT2D eigenvalue weighted by Crippen LogP contribution is 2.26. The molecule has 4 N–H and O–H groups in total. The van der Waals surface area contributed by atoms with Gasteiger partial charge in [-0.15, -0.1) is 0 Å². The van der Waals surface area contributed by atoms with Crippen LogP contribution in [0.25, 0.3) is 0 Å². The fourth-order valence-electron chi connectivity index (χ4n) is 1.58. The summed E-state index contributed by atoms with van der Waals surface area (Å²) in [4.78, 5) is 8.31. The highest BCUT2D eigenvalue weighted by molar-refractivity contribution is 9.10. The molecule has 0 aliphatic rings. The maximum Gasteiger partial charge on any atom is 0.159 e. The maximum atomic E-state index is 6.05. The Labute approximate surface area is 120 Å². The van der Waals surface area contributed by atoms with Gasteiger partial charge >= 0.3 is 0 Å². The van der Waals surface area contributed by atoms with E-state index in [2.05, 4.69) is 43.5 Å². The highest BCUT2D eigenvalue weighted by Gasteiger charge is 2.07. The standard InChI is InChI=1S/C13H16BrN5/c1-2-6-16-12-11(15)13(18-8-17-12)19-10-5-3-4-9(14)7-10/h3-5,7-8H,2,6,15H2,1H3,(H2,16,17,18,19). The van der Waals surface area contributed by atoms with E-state index in [-0.39, 0.29) is 0 Å². The van der Waals surface area contributed by atoms with Crippen LogP contribution < -0.4 is 16.4 Å². The van der Waals surface area contributed by atoms with Crippen molar-refractivity contribution in [2.24, 2.45) is 0 Å². The molecule has 0 radical (unpaired) electrons. The van der Waals surface area contributed by atoms with Crippen LogP contribution in [0.15, 0.2) is 35.1 Å². The first kappa shape index (κ1) is 13.6. The molecule has 0 bridgehead atoms. The van der Waals surface area contributed by atoms with E-state index in [1.807, 2.05) is 24.3 Å². The minimum atomic E-state index is 0.524. The topological polar surface area (TPSA) is 75.9 Å². The minimum absolute atomic E-state index is 0.524. The number of halogens is 1. The molecule has 19 heavy (non-hydrogen) atoms. The normalized spacial score (nSPS) is 10.2. The third-order valence-corrected chi connectivity index (χ3v) is 3.01. The van der Waals surface area contributed by atoms with Crippen LogP contribution in [-0.2, 0) is 0 Å². The van der Waals surface area contributed by atoms with Crippen molar-refractivity contribution < 1.29 is 0 Å². The van der Waals surface area contributed by atoms with Crippen molar-refractivity contribution in [1.29, 1.82) is 0 Å². The largest absolute Gasteiger partial charge is 0.393 e. The molecule has 0 spiro atoms. The lowest BCUT2D eigenvalue weighted by atomic mass is 10.3. The second-order valence-corrected chi connectivity index (χ2v) is 4.96. The number of nitrogens with one attached hydrogen (secondary N) is 2. The average Bonchev–Trinajstić information content (AvgIpc) is 2.40. The van der Waals surface area contributed by atoms with Crippen molar-refractivity contribution in [2.45, 2.75) is 13.3 Å². The molecule has 0 aliphatic heterocycles. The summed E-state index contributed by atoms with van der Waals surface area (Å²) in [5, 5.41) is 6.36. The van der Waals surface area contributed by atoms with Crippen LogP contribution in [0.2, 0.25) is 0 Å². The van der Waals surface area contributed by atoms with E-state index < -0.39 is 0 Å². The number of hydrogen-bond donors (Lipinski definition) is 3. The van der Waals surface area contributed by atoms with E-state index in [9.17, 15) is 0 Å². The zero-order valence-corrected chi connectivity index (χ0v) is 12.2. The molecule has 0 fully saturated rings. The number of anilines is 4. The monoisotopic (exact) mass is 321 g/mol. The van der Waals surface area contributed by atoms with Crippen molar-refractivity contribution in [2.75, 3.05) is 22.9 Å². The van der Waals surface area contributed by atoms with Crippen molar-refractivity contribution in [1.82, 2.24) is 9.97 Å². The van der Waals surface area contributed by atoms with E-state index in [1.54, 1.807) is 0 Å². The predicted octanol–water partition coefficient (Wildman–Crippen LogP) is 3.39. The second-order valence-electron chi connectivity index (χ2n) is 4.05. The van der Waals surface area contributed by atoms with Gasteiger partial charge in [-0.3, -0.25) is 0 Å². The Hall–Kier alpha value is -1.82. The molecule has 5 nitrogen and oxygen atoms in total. The van der Waals surface area contributed by atoms with E-state index >= 15 is 0 Å². The van der Waals surface area contributed by atoms with Gasteiger partial charge < -0.3 is 16.4 Å². The molecule has 1 heterocycles.